The Morgan fingerprint density at radius 2 is 1.19 bits per heavy atom. The van der Waals surface area contributed by atoms with Crippen LogP contribution in [0.4, 0.5) is 21.0 Å². The van der Waals surface area contributed by atoms with Gasteiger partial charge in [-0.15, -0.1) is 0 Å². The molecule has 0 N–H and O–H groups in total. The van der Waals surface area contributed by atoms with E-state index in [1.54, 1.807) is 90.1 Å². The summed E-state index contributed by atoms with van der Waals surface area (Å²) in [6.45, 7) is 14.6. The summed E-state index contributed by atoms with van der Waals surface area (Å²) in [5, 5.41) is 0. The minimum Gasteiger partial charge on any atom is -0.443 e. The average Bonchev–Trinajstić information content (AvgIpc) is 2.67. The summed E-state index contributed by atoms with van der Waals surface area (Å²) < 4.78 is 11.0. The molecule has 0 saturated heterocycles. The van der Waals surface area contributed by atoms with Gasteiger partial charge in [-0.05, 0) is 71.7 Å². The van der Waals surface area contributed by atoms with E-state index in [2.05, 4.69) is 18.5 Å². The first-order chi connectivity index (χ1) is 14.9. The van der Waals surface area contributed by atoms with Gasteiger partial charge in [0.05, 0.1) is 17.1 Å². The third-order valence-electron chi connectivity index (χ3n) is 3.76. The zero-order valence-corrected chi connectivity index (χ0v) is 19.5. The molecule has 0 aromatic heterocycles. The van der Waals surface area contributed by atoms with Crippen LogP contribution in [-0.4, -0.2) is 23.4 Å². The summed E-state index contributed by atoms with van der Waals surface area (Å²) >= 11 is 0. The Balaban J connectivity index is 2.42. The lowest BCUT2D eigenvalue weighted by Gasteiger charge is -2.27. The van der Waals surface area contributed by atoms with Gasteiger partial charge in [0, 0.05) is 6.04 Å². The second-order valence-corrected chi connectivity index (χ2v) is 8.99. The van der Waals surface area contributed by atoms with E-state index in [9.17, 15) is 9.59 Å². The van der Waals surface area contributed by atoms with E-state index in [4.69, 9.17) is 9.47 Å². The number of carbonyl (C=O) groups is 2. The third-order valence-corrected chi connectivity index (χ3v) is 3.76. The van der Waals surface area contributed by atoms with E-state index in [1.807, 2.05) is 12.1 Å². The molecule has 0 unspecified atom stereocenters. The van der Waals surface area contributed by atoms with Crippen molar-refractivity contribution in [2.75, 3.05) is 9.80 Å². The number of amides is 2. The third kappa shape index (κ3) is 7.51. The molecule has 6 nitrogen and oxygen atoms in total. The van der Waals surface area contributed by atoms with Gasteiger partial charge in [0.2, 0.25) is 0 Å². The first-order valence-corrected chi connectivity index (χ1v) is 10.2. The standard InChI is InChI=1S/C26H30N2O4/c1-20(28(22-16-12-9-13-17-22)24(30)32-26(5,6)7)18-19-27(21-14-10-8-11-15-21)23(29)31-25(2,3)4/h8-17H,1H2,2-7H3. The number of benzene rings is 2. The van der Waals surface area contributed by atoms with Crippen molar-refractivity contribution in [2.24, 2.45) is 0 Å². The summed E-state index contributed by atoms with van der Waals surface area (Å²) in [4.78, 5) is 28.2. The Hall–Kier alpha value is -3.72. The van der Waals surface area contributed by atoms with Gasteiger partial charge in [-0.1, -0.05) is 43.0 Å². The van der Waals surface area contributed by atoms with Crippen LogP contribution in [0, 0.1) is 12.0 Å². The first kappa shape index (κ1) is 24.5. The molecule has 2 rings (SSSR count). The molecule has 0 aliphatic carbocycles. The molecule has 0 heterocycles. The highest BCUT2D eigenvalue weighted by Crippen LogP contribution is 2.22. The SMILES string of the molecule is C=C(C#CN(C(=O)OC(C)(C)C)c1ccccc1)N(C(=O)OC(C)(C)C)c1ccccc1. The Bertz CT molecular complexity index is 1010. The predicted octanol–water partition coefficient (Wildman–Crippen LogP) is 6.34. The van der Waals surface area contributed by atoms with Crippen LogP contribution in [0.25, 0.3) is 0 Å². The largest absolute Gasteiger partial charge is 0.443 e. The van der Waals surface area contributed by atoms with E-state index in [-0.39, 0.29) is 5.70 Å². The van der Waals surface area contributed by atoms with E-state index in [0.717, 1.165) is 0 Å². The molecule has 0 saturated carbocycles. The molecule has 2 aromatic rings. The molecule has 0 bridgehead atoms. The number of nitrogens with zero attached hydrogens (tertiary/aromatic N) is 2. The number of anilines is 2. The molecule has 0 aliphatic rings. The van der Waals surface area contributed by atoms with Crippen molar-refractivity contribution in [1.82, 2.24) is 0 Å². The monoisotopic (exact) mass is 434 g/mol. The van der Waals surface area contributed by atoms with Gasteiger partial charge < -0.3 is 9.47 Å². The maximum Gasteiger partial charge on any atom is 0.426 e. The minimum absolute atomic E-state index is 0.148. The number of hydrogen-bond donors (Lipinski definition) is 0. The molecule has 2 amide bonds. The number of carbonyl (C=O) groups excluding carboxylic acids is 2. The van der Waals surface area contributed by atoms with Gasteiger partial charge >= 0.3 is 12.2 Å². The van der Waals surface area contributed by atoms with Gasteiger partial charge in [-0.2, -0.15) is 0 Å². The van der Waals surface area contributed by atoms with Crippen molar-refractivity contribution in [2.45, 2.75) is 52.7 Å². The predicted molar refractivity (Wildman–Crippen MR) is 127 cm³/mol. The zero-order valence-electron chi connectivity index (χ0n) is 19.5. The molecule has 32 heavy (non-hydrogen) atoms. The molecule has 0 radical (unpaired) electrons. The second-order valence-electron chi connectivity index (χ2n) is 8.99. The maximum absolute atomic E-state index is 12.9. The van der Waals surface area contributed by atoms with Crippen LogP contribution in [-0.2, 0) is 9.47 Å². The smallest absolute Gasteiger partial charge is 0.426 e. The Morgan fingerprint density at radius 3 is 1.66 bits per heavy atom. The molecule has 0 atom stereocenters. The van der Waals surface area contributed by atoms with Crippen molar-refractivity contribution in [3.63, 3.8) is 0 Å². The van der Waals surface area contributed by atoms with Crippen LogP contribution >= 0.6 is 0 Å². The molecule has 0 spiro atoms. The fourth-order valence-corrected chi connectivity index (χ4v) is 2.53. The van der Waals surface area contributed by atoms with Crippen LogP contribution in [0.1, 0.15) is 41.5 Å². The maximum atomic E-state index is 12.9. The number of ether oxygens (including phenoxy) is 2. The summed E-state index contributed by atoms with van der Waals surface area (Å²) in [5.41, 5.74) is -0.176. The molecular weight excluding hydrogens is 404 g/mol. The van der Waals surface area contributed by atoms with Gasteiger partial charge in [0.1, 0.15) is 11.2 Å². The highest BCUT2D eigenvalue weighted by molar-refractivity contribution is 5.94. The number of hydrogen-bond acceptors (Lipinski definition) is 4. The van der Waals surface area contributed by atoms with Gasteiger partial charge in [0.25, 0.3) is 0 Å². The van der Waals surface area contributed by atoms with Crippen LogP contribution in [0.2, 0.25) is 0 Å². The summed E-state index contributed by atoms with van der Waals surface area (Å²) in [7, 11) is 0. The molecular formula is C26H30N2O4. The average molecular weight is 435 g/mol. The second kappa shape index (κ2) is 10.1. The zero-order chi connectivity index (χ0) is 23.9. The van der Waals surface area contributed by atoms with E-state index < -0.39 is 23.4 Å². The highest BCUT2D eigenvalue weighted by atomic mass is 16.6. The van der Waals surface area contributed by atoms with Crippen molar-refractivity contribution in [1.29, 1.82) is 0 Å². The number of rotatable bonds is 3. The van der Waals surface area contributed by atoms with E-state index >= 15 is 0 Å². The van der Waals surface area contributed by atoms with E-state index in [0.29, 0.717) is 11.4 Å². The highest BCUT2D eigenvalue weighted by Gasteiger charge is 2.26. The van der Waals surface area contributed by atoms with Gasteiger partial charge in [0.15, 0.2) is 0 Å². The summed E-state index contributed by atoms with van der Waals surface area (Å²) in [5.74, 6) is 2.82. The lowest BCUT2D eigenvalue weighted by molar-refractivity contribution is 0.0587. The topological polar surface area (TPSA) is 59.1 Å². The lowest BCUT2D eigenvalue weighted by atomic mass is 10.2. The first-order valence-electron chi connectivity index (χ1n) is 10.2. The van der Waals surface area contributed by atoms with Crippen molar-refractivity contribution < 1.29 is 19.1 Å². The van der Waals surface area contributed by atoms with Crippen molar-refractivity contribution >= 4 is 23.6 Å². The molecule has 0 aliphatic heterocycles. The molecule has 0 fully saturated rings. The molecule has 168 valence electrons. The Morgan fingerprint density at radius 1 is 0.750 bits per heavy atom. The van der Waals surface area contributed by atoms with Gasteiger partial charge in [-0.3, -0.25) is 0 Å². The normalized spacial score (nSPS) is 10.9. The van der Waals surface area contributed by atoms with Gasteiger partial charge in [-0.25, -0.2) is 19.4 Å². The fraction of sp³-hybridized carbons (Fsp3) is 0.308. The Kier molecular flexibility index (Phi) is 7.72. The lowest BCUT2D eigenvalue weighted by Crippen LogP contribution is -2.36. The van der Waals surface area contributed by atoms with Crippen molar-refractivity contribution in [3.05, 3.63) is 72.9 Å². The van der Waals surface area contributed by atoms with Crippen LogP contribution < -0.4 is 9.80 Å². The Labute approximate surface area is 190 Å². The number of allylic oxidation sites excluding steroid dienone is 1. The fourth-order valence-electron chi connectivity index (χ4n) is 2.53. The minimum atomic E-state index is -0.704. The van der Waals surface area contributed by atoms with Crippen LogP contribution in [0.3, 0.4) is 0 Å². The van der Waals surface area contributed by atoms with Crippen molar-refractivity contribution in [3.8, 4) is 12.0 Å². The van der Waals surface area contributed by atoms with Crippen LogP contribution in [0.15, 0.2) is 72.9 Å². The summed E-state index contributed by atoms with van der Waals surface area (Å²) in [6, 6.07) is 20.6. The quantitative estimate of drug-likeness (QED) is 0.417. The van der Waals surface area contributed by atoms with E-state index in [1.165, 1.54) is 9.80 Å². The molecule has 6 heteroatoms. The number of para-hydroxylation sites is 2. The summed E-state index contributed by atoms with van der Waals surface area (Å²) in [6.07, 6.45) is -1.25. The van der Waals surface area contributed by atoms with Crippen LogP contribution in [0.5, 0.6) is 0 Å². The molecule has 2 aromatic carbocycles.